The van der Waals surface area contributed by atoms with Gasteiger partial charge in [-0.1, -0.05) is 23.2 Å². The van der Waals surface area contributed by atoms with Crippen molar-refractivity contribution in [2.45, 2.75) is 24.1 Å². The van der Waals surface area contributed by atoms with Crippen LogP contribution >= 0.6 is 23.2 Å². The molecular weight excluding hydrogens is 354 g/mol. The van der Waals surface area contributed by atoms with Crippen molar-refractivity contribution in [3.05, 3.63) is 27.7 Å². The van der Waals surface area contributed by atoms with Crippen molar-refractivity contribution in [1.82, 2.24) is 4.31 Å². The van der Waals surface area contributed by atoms with Crippen LogP contribution in [0.4, 0.5) is 13.2 Å². The van der Waals surface area contributed by atoms with Crippen LogP contribution in [-0.4, -0.2) is 37.6 Å². The van der Waals surface area contributed by atoms with Crippen molar-refractivity contribution in [2.24, 2.45) is 0 Å². The van der Waals surface area contributed by atoms with Crippen LogP contribution < -0.4 is 0 Å². The molecule has 0 fully saturated rings. The second-order valence-corrected chi connectivity index (χ2v) is 7.05. The topological polar surface area (TPSA) is 57.6 Å². The van der Waals surface area contributed by atoms with Crippen molar-refractivity contribution in [2.75, 3.05) is 13.6 Å². The molecule has 4 nitrogen and oxygen atoms in total. The summed E-state index contributed by atoms with van der Waals surface area (Å²) < 4.78 is 61.4. The molecule has 0 saturated carbocycles. The lowest BCUT2D eigenvalue weighted by molar-refractivity contribution is -0.135. The molecular formula is C11H12Cl2F3NO3S. The fourth-order valence-corrected chi connectivity index (χ4v) is 3.46. The average Bonchev–Trinajstić information content (AvgIpc) is 2.34. The molecule has 1 rings (SSSR count). The first-order valence-electron chi connectivity index (χ1n) is 5.61. The highest BCUT2D eigenvalue weighted by Gasteiger charge is 2.31. The number of hydrogen-bond acceptors (Lipinski definition) is 3. The predicted molar refractivity (Wildman–Crippen MR) is 72.9 cm³/mol. The third-order valence-electron chi connectivity index (χ3n) is 2.67. The van der Waals surface area contributed by atoms with Crippen molar-refractivity contribution in [1.29, 1.82) is 0 Å². The van der Waals surface area contributed by atoms with E-state index in [0.29, 0.717) is 4.31 Å². The lowest BCUT2D eigenvalue weighted by atomic mass is 10.2. The van der Waals surface area contributed by atoms with Gasteiger partial charge in [-0.05, 0) is 17.7 Å². The van der Waals surface area contributed by atoms with Gasteiger partial charge in [0.1, 0.15) is 4.90 Å². The van der Waals surface area contributed by atoms with Gasteiger partial charge in [0, 0.05) is 18.6 Å². The van der Waals surface area contributed by atoms with E-state index in [1.54, 1.807) is 0 Å². The fraction of sp³-hybridized carbons (Fsp3) is 0.455. The zero-order chi connectivity index (χ0) is 16.4. The minimum Gasteiger partial charge on any atom is -0.392 e. The van der Waals surface area contributed by atoms with Crippen LogP contribution in [0.3, 0.4) is 0 Å². The van der Waals surface area contributed by atoms with Crippen molar-refractivity contribution < 1.29 is 26.7 Å². The number of aliphatic hydroxyl groups is 1. The maximum absolute atomic E-state index is 12.2. The Kier molecular flexibility index (Phi) is 5.91. The largest absolute Gasteiger partial charge is 0.392 e. The molecule has 1 aromatic rings. The monoisotopic (exact) mass is 365 g/mol. The molecule has 0 amide bonds. The van der Waals surface area contributed by atoms with Crippen LogP contribution in [-0.2, 0) is 16.6 Å². The molecule has 0 aliphatic carbocycles. The zero-order valence-electron chi connectivity index (χ0n) is 10.8. The first-order valence-corrected chi connectivity index (χ1v) is 7.80. The SMILES string of the molecule is CN(CCC(F)(F)F)S(=O)(=O)c1cc(CO)c(Cl)cc1Cl. The molecule has 0 heterocycles. The summed E-state index contributed by atoms with van der Waals surface area (Å²) in [4.78, 5) is -0.401. The molecule has 10 heteroatoms. The maximum atomic E-state index is 12.2. The smallest absolute Gasteiger partial charge is 0.390 e. The summed E-state index contributed by atoms with van der Waals surface area (Å²) in [5.41, 5.74) is 0.115. The number of alkyl halides is 3. The van der Waals surface area contributed by atoms with Gasteiger partial charge in [-0.25, -0.2) is 12.7 Å². The molecule has 1 aromatic carbocycles. The molecule has 21 heavy (non-hydrogen) atoms. The Morgan fingerprint density at radius 1 is 1.24 bits per heavy atom. The van der Waals surface area contributed by atoms with Crippen LogP contribution in [0.2, 0.25) is 10.0 Å². The number of sulfonamides is 1. The molecule has 120 valence electrons. The number of aliphatic hydroxyl groups excluding tert-OH is 1. The van der Waals surface area contributed by atoms with Gasteiger partial charge >= 0.3 is 6.18 Å². The average molecular weight is 366 g/mol. The summed E-state index contributed by atoms with van der Waals surface area (Å²) in [5, 5.41) is 8.91. The van der Waals surface area contributed by atoms with Gasteiger partial charge in [0.25, 0.3) is 0 Å². The van der Waals surface area contributed by atoms with E-state index in [1.807, 2.05) is 0 Å². The highest BCUT2D eigenvalue weighted by atomic mass is 35.5. The normalized spacial score (nSPS) is 13.0. The zero-order valence-corrected chi connectivity index (χ0v) is 13.1. The summed E-state index contributed by atoms with van der Waals surface area (Å²) in [6.07, 6.45) is -5.75. The quantitative estimate of drug-likeness (QED) is 0.872. The van der Waals surface area contributed by atoms with Crippen LogP contribution in [0.5, 0.6) is 0 Å². The third kappa shape index (κ3) is 4.72. The Morgan fingerprint density at radius 2 is 1.81 bits per heavy atom. The number of nitrogens with zero attached hydrogens (tertiary/aromatic N) is 1. The van der Waals surface area contributed by atoms with E-state index in [0.717, 1.165) is 19.2 Å². The molecule has 0 spiro atoms. The summed E-state index contributed by atoms with van der Waals surface area (Å²) in [5.74, 6) is 0. The Labute approximate surface area is 130 Å². The molecule has 0 bridgehead atoms. The first kappa shape index (κ1) is 18.5. The van der Waals surface area contributed by atoms with Crippen molar-refractivity contribution >= 4 is 33.2 Å². The predicted octanol–water partition coefficient (Wildman–Crippen LogP) is 3.06. The molecule has 0 aliphatic heterocycles. The summed E-state index contributed by atoms with van der Waals surface area (Å²) in [6.45, 7) is -1.26. The van der Waals surface area contributed by atoms with E-state index in [1.165, 1.54) is 0 Å². The Morgan fingerprint density at radius 3 is 2.29 bits per heavy atom. The summed E-state index contributed by atoms with van der Waals surface area (Å²) >= 11 is 11.5. The molecule has 0 aliphatic rings. The maximum Gasteiger partial charge on any atom is 0.390 e. The third-order valence-corrected chi connectivity index (χ3v) is 5.34. The van der Waals surface area contributed by atoms with Crippen LogP contribution in [0.1, 0.15) is 12.0 Å². The van der Waals surface area contributed by atoms with Crippen molar-refractivity contribution in [3.8, 4) is 0 Å². The van der Waals surface area contributed by atoms with Gasteiger partial charge in [-0.3, -0.25) is 0 Å². The highest BCUT2D eigenvalue weighted by Crippen LogP contribution is 2.31. The Hall–Kier alpha value is -0.540. The van der Waals surface area contributed by atoms with E-state index >= 15 is 0 Å². The van der Waals surface area contributed by atoms with E-state index in [4.69, 9.17) is 28.3 Å². The van der Waals surface area contributed by atoms with Gasteiger partial charge < -0.3 is 5.11 Å². The first-order chi connectivity index (χ1) is 9.49. The molecule has 0 atom stereocenters. The number of benzene rings is 1. The number of hydrogen-bond donors (Lipinski definition) is 1. The molecule has 0 unspecified atom stereocenters. The standard InChI is InChI=1S/C11H12Cl2F3NO3S/c1-17(3-2-11(14,15)16)21(19,20)10-4-7(6-18)8(12)5-9(10)13/h4-5,18H,2-3,6H2,1H3. The molecule has 0 radical (unpaired) electrons. The molecule has 1 N–H and O–H groups in total. The Bertz CT molecular complexity index is 620. The number of halogens is 5. The molecule has 0 aromatic heterocycles. The summed E-state index contributed by atoms with van der Waals surface area (Å²) in [6, 6.07) is 2.17. The summed E-state index contributed by atoms with van der Waals surface area (Å²) in [7, 11) is -3.19. The molecule has 0 saturated heterocycles. The minimum atomic E-state index is -4.47. The van der Waals surface area contributed by atoms with Gasteiger partial charge in [-0.15, -0.1) is 0 Å². The minimum absolute atomic E-state index is 0.0689. The lowest BCUT2D eigenvalue weighted by Crippen LogP contribution is -2.31. The van der Waals surface area contributed by atoms with E-state index < -0.39 is 40.7 Å². The second-order valence-electron chi connectivity index (χ2n) is 4.22. The van der Waals surface area contributed by atoms with Gasteiger partial charge in [0.05, 0.1) is 18.1 Å². The highest BCUT2D eigenvalue weighted by molar-refractivity contribution is 7.89. The lowest BCUT2D eigenvalue weighted by Gasteiger charge is -2.19. The van der Waals surface area contributed by atoms with Gasteiger partial charge in [-0.2, -0.15) is 13.2 Å². The van der Waals surface area contributed by atoms with Crippen LogP contribution in [0.25, 0.3) is 0 Å². The van der Waals surface area contributed by atoms with E-state index in [9.17, 15) is 21.6 Å². The van der Waals surface area contributed by atoms with Crippen molar-refractivity contribution in [3.63, 3.8) is 0 Å². The second kappa shape index (κ2) is 6.70. The fourth-order valence-electron chi connectivity index (χ4n) is 1.46. The van der Waals surface area contributed by atoms with E-state index in [2.05, 4.69) is 0 Å². The van der Waals surface area contributed by atoms with Gasteiger partial charge in [0.15, 0.2) is 0 Å². The van der Waals surface area contributed by atoms with E-state index in [-0.39, 0.29) is 15.6 Å². The van der Waals surface area contributed by atoms with Gasteiger partial charge in [0.2, 0.25) is 10.0 Å². The van der Waals surface area contributed by atoms with Crippen LogP contribution in [0.15, 0.2) is 17.0 Å². The Balaban J connectivity index is 3.13. The van der Waals surface area contributed by atoms with Crippen LogP contribution in [0, 0.1) is 0 Å². The number of rotatable bonds is 5.